The SMILES string of the molecule is CCC(C)(O)COc1ccc(CO)cc1OC. The number of aliphatic hydroxyl groups excluding tert-OH is 1. The van der Waals surface area contributed by atoms with Crippen LogP contribution in [0, 0.1) is 0 Å². The minimum atomic E-state index is -0.847. The largest absolute Gasteiger partial charge is 0.493 e. The van der Waals surface area contributed by atoms with Crippen LogP contribution in [0.5, 0.6) is 11.5 Å². The molecule has 0 aliphatic carbocycles. The van der Waals surface area contributed by atoms with Crippen molar-refractivity contribution in [1.82, 2.24) is 0 Å². The van der Waals surface area contributed by atoms with E-state index in [-0.39, 0.29) is 13.2 Å². The standard InChI is InChI=1S/C13H20O4/c1-4-13(2,15)9-17-11-6-5-10(8-14)7-12(11)16-3/h5-7,14-15H,4,8-9H2,1-3H3. The summed E-state index contributed by atoms with van der Waals surface area (Å²) in [5.41, 5.74) is -0.0860. The molecule has 0 fully saturated rings. The first-order valence-electron chi connectivity index (χ1n) is 5.65. The van der Waals surface area contributed by atoms with E-state index in [1.54, 1.807) is 32.2 Å². The molecule has 0 bridgehead atoms. The van der Waals surface area contributed by atoms with Crippen molar-refractivity contribution >= 4 is 0 Å². The van der Waals surface area contributed by atoms with Crippen LogP contribution >= 0.6 is 0 Å². The Balaban J connectivity index is 2.77. The molecule has 1 aromatic carbocycles. The molecule has 0 saturated carbocycles. The Labute approximate surface area is 102 Å². The number of ether oxygens (including phenoxy) is 2. The zero-order valence-corrected chi connectivity index (χ0v) is 10.6. The molecule has 1 atom stereocenters. The third kappa shape index (κ3) is 3.91. The highest BCUT2D eigenvalue weighted by Gasteiger charge is 2.19. The van der Waals surface area contributed by atoms with Crippen LogP contribution in [-0.4, -0.2) is 29.5 Å². The molecule has 4 heteroatoms. The van der Waals surface area contributed by atoms with Gasteiger partial charge in [-0.2, -0.15) is 0 Å². The van der Waals surface area contributed by atoms with E-state index in [4.69, 9.17) is 14.6 Å². The van der Waals surface area contributed by atoms with Gasteiger partial charge in [0.25, 0.3) is 0 Å². The van der Waals surface area contributed by atoms with E-state index in [0.717, 1.165) is 5.56 Å². The van der Waals surface area contributed by atoms with Crippen LogP contribution in [-0.2, 0) is 6.61 Å². The summed E-state index contributed by atoms with van der Waals surface area (Å²) in [7, 11) is 1.54. The Kier molecular flexibility index (Phi) is 4.78. The minimum Gasteiger partial charge on any atom is -0.493 e. The molecule has 96 valence electrons. The molecular weight excluding hydrogens is 220 g/mol. The number of aliphatic hydroxyl groups is 2. The van der Waals surface area contributed by atoms with Gasteiger partial charge < -0.3 is 19.7 Å². The molecule has 2 N–H and O–H groups in total. The van der Waals surface area contributed by atoms with Crippen molar-refractivity contribution in [3.8, 4) is 11.5 Å². The molecule has 0 radical (unpaired) electrons. The smallest absolute Gasteiger partial charge is 0.161 e. The lowest BCUT2D eigenvalue weighted by Gasteiger charge is -2.22. The van der Waals surface area contributed by atoms with Crippen molar-refractivity contribution in [2.45, 2.75) is 32.5 Å². The lowest BCUT2D eigenvalue weighted by molar-refractivity contribution is 0.00774. The van der Waals surface area contributed by atoms with Crippen LogP contribution in [0.3, 0.4) is 0 Å². The third-order valence-corrected chi connectivity index (χ3v) is 2.71. The predicted molar refractivity (Wildman–Crippen MR) is 65.3 cm³/mol. The molecule has 0 saturated heterocycles. The summed E-state index contributed by atoms with van der Waals surface area (Å²) in [5, 5.41) is 18.9. The number of methoxy groups -OCH3 is 1. The van der Waals surface area contributed by atoms with Gasteiger partial charge in [-0.25, -0.2) is 0 Å². The Morgan fingerprint density at radius 3 is 2.53 bits per heavy atom. The van der Waals surface area contributed by atoms with Gasteiger partial charge in [0.1, 0.15) is 6.61 Å². The van der Waals surface area contributed by atoms with Crippen molar-refractivity contribution in [2.75, 3.05) is 13.7 Å². The second-order valence-electron chi connectivity index (χ2n) is 4.28. The average Bonchev–Trinajstić information content (AvgIpc) is 2.36. The van der Waals surface area contributed by atoms with E-state index < -0.39 is 5.60 Å². The third-order valence-electron chi connectivity index (χ3n) is 2.71. The van der Waals surface area contributed by atoms with E-state index >= 15 is 0 Å². The molecule has 0 aliphatic rings. The number of hydrogen-bond acceptors (Lipinski definition) is 4. The zero-order chi connectivity index (χ0) is 12.9. The highest BCUT2D eigenvalue weighted by Crippen LogP contribution is 2.29. The molecular formula is C13H20O4. The fourth-order valence-corrected chi connectivity index (χ4v) is 1.26. The van der Waals surface area contributed by atoms with Crippen molar-refractivity contribution < 1.29 is 19.7 Å². The lowest BCUT2D eigenvalue weighted by Crippen LogP contribution is -2.31. The van der Waals surface area contributed by atoms with Gasteiger partial charge in [0.05, 0.1) is 19.3 Å². The topological polar surface area (TPSA) is 58.9 Å². The monoisotopic (exact) mass is 240 g/mol. The molecule has 1 rings (SSSR count). The molecule has 0 spiro atoms. The van der Waals surface area contributed by atoms with Gasteiger partial charge in [-0.1, -0.05) is 13.0 Å². The second-order valence-corrected chi connectivity index (χ2v) is 4.28. The second kappa shape index (κ2) is 5.89. The summed E-state index contributed by atoms with van der Waals surface area (Å²) in [6.45, 7) is 3.79. The Morgan fingerprint density at radius 2 is 2.00 bits per heavy atom. The first kappa shape index (κ1) is 13.8. The zero-order valence-electron chi connectivity index (χ0n) is 10.6. The van der Waals surface area contributed by atoms with Gasteiger partial charge in [0.15, 0.2) is 11.5 Å². The predicted octanol–water partition coefficient (Wildman–Crippen LogP) is 1.73. The highest BCUT2D eigenvalue weighted by molar-refractivity contribution is 5.42. The van der Waals surface area contributed by atoms with Gasteiger partial charge in [-0.15, -0.1) is 0 Å². The summed E-state index contributed by atoms with van der Waals surface area (Å²) >= 11 is 0. The van der Waals surface area contributed by atoms with E-state index in [1.165, 1.54) is 0 Å². The molecule has 0 heterocycles. The van der Waals surface area contributed by atoms with E-state index in [2.05, 4.69) is 0 Å². The molecule has 17 heavy (non-hydrogen) atoms. The first-order valence-corrected chi connectivity index (χ1v) is 5.65. The Hall–Kier alpha value is -1.26. The van der Waals surface area contributed by atoms with Gasteiger partial charge in [0, 0.05) is 0 Å². The summed E-state index contributed by atoms with van der Waals surface area (Å²) in [4.78, 5) is 0. The van der Waals surface area contributed by atoms with E-state index in [9.17, 15) is 5.11 Å². The van der Waals surface area contributed by atoms with Gasteiger partial charge in [-0.05, 0) is 31.0 Å². The number of benzene rings is 1. The van der Waals surface area contributed by atoms with Crippen molar-refractivity contribution in [2.24, 2.45) is 0 Å². The molecule has 1 aromatic rings. The van der Waals surface area contributed by atoms with Crippen LogP contribution in [0.2, 0.25) is 0 Å². The number of hydrogen-bond donors (Lipinski definition) is 2. The van der Waals surface area contributed by atoms with Gasteiger partial charge >= 0.3 is 0 Å². The summed E-state index contributed by atoms with van der Waals surface area (Å²) in [6, 6.07) is 5.21. The normalized spacial score (nSPS) is 14.2. The summed E-state index contributed by atoms with van der Waals surface area (Å²) < 4.78 is 10.7. The van der Waals surface area contributed by atoms with Crippen molar-refractivity contribution in [3.63, 3.8) is 0 Å². The van der Waals surface area contributed by atoms with Crippen molar-refractivity contribution in [1.29, 1.82) is 0 Å². The fraction of sp³-hybridized carbons (Fsp3) is 0.538. The maximum Gasteiger partial charge on any atom is 0.161 e. The van der Waals surface area contributed by atoms with Crippen LogP contribution in [0.25, 0.3) is 0 Å². The van der Waals surface area contributed by atoms with Gasteiger partial charge in [0.2, 0.25) is 0 Å². The molecule has 1 unspecified atom stereocenters. The molecule has 0 aromatic heterocycles. The Bertz CT molecular complexity index is 360. The lowest BCUT2D eigenvalue weighted by atomic mass is 10.1. The highest BCUT2D eigenvalue weighted by atomic mass is 16.5. The van der Waals surface area contributed by atoms with E-state index in [0.29, 0.717) is 17.9 Å². The average molecular weight is 240 g/mol. The van der Waals surface area contributed by atoms with E-state index in [1.807, 2.05) is 6.92 Å². The van der Waals surface area contributed by atoms with Gasteiger partial charge in [-0.3, -0.25) is 0 Å². The molecule has 0 amide bonds. The Morgan fingerprint density at radius 1 is 1.29 bits per heavy atom. The molecule has 0 aliphatic heterocycles. The maximum absolute atomic E-state index is 9.84. The summed E-state index contributed by atoms with van der Waals surface area (Å²) in [5.74, 6) is 1.13. The maximum atomic E-state index is 9.84. The first-order chi connectivity index (χ1) is 8.02. The molecule has 4 nitrogen and oxygen atoms in total. The summed E-state index contributed by atoms with van der Waals surface area (Å²) in [6.07, 6.45) is 0.615. The number of rotatable bonds is 6. The van der Waals surface area contributed by atoms with Crippen LogP contribution in [0.15, 0.2) is 18.2 Å². The minimum absolute atomic E-state index is 0.0384. The quantitative estimate of drug-likeness (QED) is 0.795. The van der Waals surface area contributed by atoms with Crippen LogP contribution in [0.1, 0.15) is 25.8 Å². The fourth-order valence-electron chi connectivity index (χ4n) is 1.26. The van der Waals surface area contributed by atoms with Crippen LogP contribution in [0.4, 0.5) is 0 Å². The van der Waals surface area contributed by atoms with Crippen LogP contribution < -0.4 is 9.47 Å². The van der Waals surface area contributed by atoms with Crippen molar-refractivity contribution in [3.05, 3.63) is 23.8 Å².